The van der Waals surface area contributed by atoms with Crippen LogP contribution in [0.1, 0.15) is 26.7 Å². The first-order chi connectivity index (χ1) is 6.43. The van der Waals surface area contributed by atoms with E-state index in [1.807, 2.05) is 4.72 Å². The van der Waals surface area contributed by atoms with E-state index < -0.39 is 21.4 Å². The Labute approximate surface area is 83.9 Å². The second-order valence-electron chi connectivity index (χ2n) is 3.61. The van der Waals surface area contributed by atoms with Crippen molar-refractivity contribution >= 4 is 15.9 Å². The molecule has 0 aromatic rings. The Morgan fingerprint density at radius 1 is 1.50 bits per heavy atom. The summed E-state index contributed by atoms with van der Waals surface area (Å²) in [5.74, 6) is -0.827. The van der Waals surface area contributed by atoms with Gasteiger partial charge in [-0.05, 0) is 12.8 Å². The second kappa shape index (κ2) is 4.27. The molecule has 1 atom stereocenters. The van der Waals surface area contributed by atoms with Gasteiger partial charge in [-0.25, -0.2) is 8.42 Å². The van der Waals surface area contributed by atoms with Crippen molar-refractivity contribution in [2.24, 2.45) is 5.92 Å². The Kier molecular flexibility index (Phi) is 3.49. The Balaban J connectivity index is 2.62. The first-order valence-corrected chi connectivity index (χ1v) is 6.15. The number of hydrogen-bond acceptors (Lipinski definition) is 4. The number of nitrogens with one attached hydrogen (secondary N) is 1. The summed E-state index contributed by atoms with van der Waals surface area (Å²) in [5.41, 5.74) is -0.856. The molecule has 0 bridgehead atoms. The third kappa shape index (κ3) is 2.68. The van der Waals surface area contributed by atoms with E-state index in [4.69, 9.17) is 4.74 Å². The summed E-state index contributed by atoms with van der Waals surface area (Å²) in [6, 6.07) is 0. The van der Waals surface area contributed by atoms with Crippen molar-refractivity contribution in [3.8, 4) is 0 Å². The highest BCUT2D eigenvalue weighted by Crippen LogP contribution is 2.16. The molecule has 0 aromatic carbocycles. The molecule has 82 valence electrons. The topological polar surface area (TPSA) is 72.5 Å². The molecule has 1 rings (SSSR count). The molecular formula is C8H15NO4S. The molecule has 1 heterocycles. The molecule has 0 aromatic heterocycles. The molecule has 1 saturated heterocycles. The fraction of sp³-hybridized carbons (Fsp3) is 0.875. The quantitative estimate of drug-likeness (QED) is 0.740. The molecule has 1 aliphatic heterocycles. The zero-order chi connectivity index (χ0) is 10.8. The lowest BCUT2D eigenvalue weighted by atomic mass is 10.2. The smallest absolute Gasteiger partial charge is 0.262 e. The first kappa shape index (κ1) is 11.5. The van der Waals surface area contributed by atoms with E-state index in [-0.39, 0.29) is 5.92 Å². The minimum atomic E-state index is -3.63. The van der Waals surface area contributed by atoms with E-state index in [9.17, 15) is 13.2 Å². The van der Waals surface area contributed by atoms with Crippen LogP contribution in [0.25, 0.3) is 0 Å². The van der Waals surface area contributed by atoms with Crippen LogP contribution in [0.15, 0.2) is 0 Å². The highest BCUT2D eigenvalue weighted by Gasteiger charge is 2.31. The van der Waals surface area contributed by atoms with Crippen LogP contribution in [-0.2, 0) is 19.6 Å². The van der Waals surface area contributed by atoms with E-state index in [0.717, 1.165) is 6.42 Å². The van der Waals surface area contributed by atoms with Gasteiger partial charge in [0.05, 0.1) is 0 Å². The number of rotatable bonds is 3. The van der Waals surface area contributed by atoms with E-state index in [2.05, 4.69) is 0 Å². The van der Waals surface area contributed by atoms with Crippen LogP contribution in [-0.4, -0.2) is 26.4 Å². The number of amides is 1. The first-order valence-electron chi connectivity index (χ1n) is 4.60. The molecule has 0 aliphatic carbocycles. The molecule has 14 heavy (non-hydrogen) atoms. The molecular weight excluding hydrogens is 206 g/mol. The third-order valence-corrected chi connectivity index (χ3v) is 3.55. The Hall–Kier alpha value is -0.620. The number of carbonyl (C=O) groups excluding carboxylic acids is 1. The summed E-state index contributed by atoms with van der Waals surface area (Å²) in [6.45, 7) is 3.72. The molecule has 0 spiro atoms. The SMILES string of the molecule is CC(C)C(=O)NS(=O)(=O)C1CCCO1. The number of hydrogen-bond donors (Lipinski definition) is 1. The lowest BCUT2D eigenvalue weighted by molar-refractivity contribution is -0.122. The van der Waals surface area contributed by atoms with Crippen molar-refractivity contribution in [2.75, 3.05) is 6.61 Å². The van der Waals surface area contributed by atoms with Crippen LogP contribution in [0, 0.1) is 5.92 Å². The van der Waals surface area contributed by atoms with E-state index in [1.54, 1.807) is 13.8 Å². The summed E-state index contributed by atoms with van der Waals surface area (Å²) in [5, 5.41) is 0. The van der Waals surface area contributed by atoms with Crippen LogP contribution in [0.2, 0.25) is 0 Å². The van der Waals surface area contributed by atoms with Gasteiger partial charge < -0.3 is 4.74 Å². The predicted molar refractivity (Wildman–Crippen MR) is 50.9 cm³/mol. The Morgan fingerprint density at radius 3 is 2.57 bits per heavy atom. The summed E-state index contributed by atoms with van der Waals surface area (Å²) in [4.78, 5) is 11.2. The maximum absolute atomic E-state index is 11.5. The largest absolute Gasteiger partial charge is 0.360 e. The molecule has 1 amide bonds. The molecule has 6 heteroatoms. The normalized spacial score (nSPS) is 22.6. The molecule has 1 fully saturated rings. The van der Waals surface area contributed by atoms with Gasteiger partial charge in [0.2, 0.25) is 5.91 Å². The molecule has 0 radical (unpaired) electrons. The van der Waals surface area contributed by atoms with Gasteiger partial charge in [0.25, 0.3) is 10.0 Å². The number of sulfonamides is 1. The van der Waals surface area contributed by atoms with Crippen molar-refractivity contribution in [1.29, 1.82) is 0 Å². The maximum atomic E-state index is 11.5. The van der Waals surface area contributed by atoms with Gasteiger partial charge in [0.15, 0.2) is 5.44 Å². The molecule has 1 unspecified atom stereocenters. The van der Waals surface area contributed by atoms with Crippen molar-refractivity contribution in [1.82, 2.24) is 4.72 Å². The van der Waals surface area contributed by atoms with Crippen LogP contribution >= 0.6 is 0 Å². The van der Waals surface area contributed by atoms with Crippen molar-refractivity contribution in [3.05, 3.63) is 0 Å². The van der Waals surface area contributed by atoms with Crippen LogP contribution in [0.4, 0.5) is 0 Å². The van der Waals surface area contributed by atoms with Gasteiger partial charge in [-0.2, -0.15) is 0 Å². The fourth-order valence-corrected chi connectivity index (χ4v) is 2.52. The highest BCUT2D eigenvalue weighted by molar-refractivity contribution is 7.90. The van der Waals surface area contributed by atoms with Gasteiger partial charge in [0.1, 0.15) is 0 Å². The number of carbonyl (C=O) groups is 1. The standard InChI is InChI=1S/C8H15NO4S/c1-6(2)8(10)9-14(11,12)7-4-3-5-13-7/h6-7H,3-5H2,1-2H3,(H,9,10). The third-order valence-electron chi connectivity index (χ3n) is 2.00. The van der Waals surface area contributed by atoms with Gasteiger partial charge in [-0.15, -0.1) is 0 Å². The zero-order valence-electron chi connectivity index (χ0n) is 8.32. The molecule has 0 saturated carbocycles. The van der Waals surface area contributed by atoms with Crippen LogP contribution in [0.5, 0.6) is 0 Å². The second-order valence-corrected chi connectivity index (χ2v) is 5.43. The Morgan fingerprint density at radius 2 is 2.14 bits per heavy atom. The lowest BCUT2D eigenvalue weighted by Gasteiger charge is -2.13. The maximum Gasteiger partial charge on any atom is 0.262 e. The monoisotopic (exact) mass is 221 g/mol. The summed E-state index contributed by atoms with van der Waals surface area (Å²) in [6.07, 6.45) is 1.18. The van der Waals surface area contributed by atoms with E-state index in [0.29, 0.717) is 13.0 Å². The van der Waals surface area contributed by atoms with Crippen molar-refractivity contribution in [2.45, 2.75) is 32.1 Å². The van der Waals surface area contributed by atoms with Gasteiger partial charge in [-0.3, -0.25) is 9.52 Å². The fourth-order valence-electron chi connectivity index (χ4n) is 1.12. The lowest BCUT2D eigenvalue weighted by Crippen LogP contribution is -2.40. The Bertz CT molecular complexity index is 303. The summed E-state index contributed by atoms with van der Waals surface area (Å²) in [7, 11) is -3.63. The number of ether oxygens (including phenoxy) is 1. The van der Waals surface area contributed by atoms with E-state index in [1.165, 1.54) is 0 Å². The summed E-state index contributed by atoms with van der Waals surface area (Å²) >= 11 is 0. The van der Waals surface area contributed by atoms with E-state index >= 15 is 0 Å². The van der Waals surface area contributed by atoms with Gasteiger partial charge >= 0.3 is 0 Å². The predicted octanol–water partition coefficient (Wildman–Crippen LogP) is 0.225. The molecule has 5 nitrogen and oxygen atoms in total. The zero-order valence-corrected chi connectivity index (χ0v) is 9.13. The average Bonchev–Trinajstić information content (AvgIpc) is 2.54. The molecule has 1 N–H and O–H groups in total. The van der Waals surface area contributed by atoms with Gasteiger partial charge in [0, 0.05) is 12.5 Å². The average molecular weight is 221 g/mol. The summed E-state index contributed by atoms with van der Waals surface area (Å²) < 4.78 is 30.0. The highest BCUT2D eigenvalue weighted by atomic mass is 32.2. The molecule has 1 aliphatic rings. The van der Waals surface area contributed by atoms with Crippen molar-refractivity contribution < 1.29 is 17.9 Å². The van der Waals surface area contributed by atoms with Crippen molar-refractivity contribution in [3.63, 3.8) is 0 Å². The minimum Gasteiger partial charge on any atom is -0.360 e. The van der Waals surface area contributed by atoms with Gasteiger partial charge in [-0.1, -0.05) is 13.8 Å². The van der Waals surface area contributed by atoms with Crippen LogP contribution in [0.3, 0.4) is 0 Å². The van der Waals surface area contributed by atoms with Crippen LogP contribution < -0.4 is 4.72 Å². The minimum absolute atomic E-state index is 0.342.